The van der Waals surface area contributed by atoms with Crippen molar-refractivity contribution in [2.75, 3.05) is 20.2 Å². The number of rotatable bonds is 4. The molecule has 200 valence electrons. The zero-order chi connectivity index (χ0) is 27.0. The minimum Gasteiger partial charge on any atom is -0.475 e. The summed E-state index contributed by atoms with van der Waals surface area (Å²) >= 11 is 0. The van der Waals surface area contributed by atoms with Crippen molar-refractivity contribution in [3.8, 4) is 0 Å². The Hall–Kier alpha value is -2.52. The van der Waals surface area contributed by atoms with Crippen LogP contribution in [0.4, 0.5) is 26.3 Å². The van der Waals surface area contributed by atoms with Gasteiger partial charge in [-0.15, -0.1) is 0 Å². The maximum atomic E-state index is 10.6. The van der Waals surface area contributed by atoms with Gasteiger partial charge in [0, 0.05) is 49.7 Å². The van der Waals surface area contributed by atoms with E-state index in [-0.39, 0.29) is 0 Å². The van der Waals surface area contributed by atoms with E-state index < -0.39 is 24.3 Å². The van der Waals surface area contributed by atoms with E-state index in [1.807, 2.05) is 12.4 Å². The molecule has 0 radical (unpaired) electrons. The van der Waals surface area contributed by atoms with E-state index in [0.717, 1.165) is 25.3 Å². The van der Waals surface area contributed by atoms with Gasteiger partial charge in [0.2, 0.25) is 0 Å². The molecule has 3 rings (SSSR count). The molecule has 1 aromatic heterocycles. The number of hydrogen-bond donors (Lipinski definition) is 2. The lowest BCUT2D eigenvalue weighted by Gasteiger charge is -2.35. The molecule has 0 aliphatic carbocycles. The molecule has 0 amide bonds. The first-order valence-corrected chi connectivity index (χ1v) is 10.5. The Bertz CT molecular complexity index is 785. The normalized spacial score (nSPS) is 22.5. The molecule has 0 unspecified atom stereocenters. The summed E-state index contributed by atoms with van der Waals surface area (Å²) in [6, 6.07) is 1.62. The fourth-order valence-corrected chi connectivity index (χ4v) is 3.77. The van der Waals surface area contributed by atoms with Crippen LogP contribution in [0.25, 0.3) is 0 Å². The van der Waals surface area contributed by atoms with Crippen molar-refractivity contribution in [1.29, 1.82) is 0 Å². The largest absolute Gasteiger partial charge is 0.490 e. The molecular weight excluding hydrogens is 490 g/mol. The van der Waals surface area contributed by atoms with Crippen LogP contribution in [0.2, 0.25) is 0 Å². The average Bonchev–Trinajstić information content (AvgIpc) is 3.14. The SMILES string of the molecule is CC(C)N1C[C@@H](N(C)Cc2cncnc2)[C@@H]2OCCC[C@@H]21.O=C(O)C(F)(F)F.O=C(O)C(F)(F)F. The Balaban J connectivity index is 0.000000362. The highest BCUT2D eigenvalue weighted by atomic mass is 19.4. The number of fused-ring (bicyclic) bond motifs is 1. The molecule has 2 aliphatic heterocycles. The van der Waals surface area contributed by atoms with Crippen LogP contribution in [-0.4, -0.2) is 98.7 Å². The van der Waals surface area contributed by atoms with Gasteiger partial charge in [0.1, 0.15) is 6.33 Å². The van der Waals surface area contributed by atoms with E-state index in [1.54, 1.807) is 6.33 Å². The molecule has 2 aliphatic rings. The lowest BCUT2D eigenvalue weighted by Crippen LogP contribution is -2.46. The molecular formula is C20H28F6N4O5. The first kappa shape index (κ1) is 30.5. The van der Waals surface area contributed by atoms with E-state index in [4.69, 9.17) is 24.5 Å². The maximum absolute atomic E-state index is 10.6. The van der Waals surface area contributed by atoms with E-state index in [9.17, 15) is 26.3 Å². The van der Waals surface area contributed by atoms with E-state index >= 15 is 0 Å². The minimum absolute atomic E-state index is 0.343. The van der Waals surface area contributed by atoms with E-state index in [1.165, 1.54) is 12.8 Å². The molecule has 15 heteroatoms. The number of alkyl halides is 6. The highest BCUT2D eigenvalue weighted by Crippen LogP contribution is 2.33. The molecule has 9 nitrogen and oxygen atoms in total. The van der Waals surface area contributed by atoms with Crippen molar-refractivity contribution >= 4 is 11.9 Å². The van der Waals surface area contributed by atoms with Crippen LogP contribution in [0.15, 0.2) is 18.7 Å². The van der Waals surface area contributed by atoms with Gasteiger partial charge < -0.3 is 14.9 Å². The highest BCUT2D eigenvalue weighted by molar-refractivity contribution is 5.73. The number of likely N-dealkylation sites (tertiary alicyclic amines) is 1. The molecule has 3 atom stereocenters. The van der Waals surface area contributed by atoms with Crippen molar-refractivity contribution < 1.29 is 50.9 Å². The van der Waals surface area contributed by atoms with Gasteiger partial charge in [-0.2, -0.15) is 26.3 Å². The molecule has 0 bridgehead atoms. The molecule has 0 saturated carbocycles. The number of hydrogen-bond acceptors (Lipinski definition) is 7. The zero-order valence-electron chi connectivity index (χ0n) is 19.3. The smallest absolute Gasteiger partial charge is 0.475 e. The van der Waals surface area contributed by atoms with Crippen LogP contribution in [0.3, 0.4) is 0 Å². The second-order valence-electron chi connectivity index (χ2n) is 8.17. The number of carboxylic acid groups (broad SMARTS) is 2. The summed E-state index contributed by atoms with van der Waals surface area (Å²) in [5, 5.41) is 14.2. The number of aliphatic carboxylic acids is 2. The fourth-order valence-electron chi connectivity index (χ4n) is 3.77. The summed E-state index contributed by atoms with van der Waals surface area (Å²) in [5.74, 6) is -5.51. The summed E-state index contributed by atoms with van der Waals surface area (Å²) in [6.45, 7) is 7.46. The third-order valence-corrected chi connectivity index (χ3v) is 5.30. The second kappa shape index (κ2) is 13.0. The van der Waals surface area contributed by atoms with E-state index in [2.05, 4.69) is 40.7 Å². The fraction of sp³-hybridized carbons (Fsp3) is 0.700. The Kier molecular flexibility index (Phi) is 11.3. The van der Waals surface area contributed by atoms with Gasteiger partial charge in [-0.1, -0.05) is 0 Å². The monoisotopic (exact) mass is 518 g/mol. The second-order valence-corrected chi connectivity index (χ2v) is 8.17. The molecule has 0 spiro atoms. The first-order valence-electron chi connectivity index (χ1n) is 10.5. The number of likely N-dealkylation sites (N-methyl/N-ethyl adjacent to an activating group) is 1. The van der Waals surface area contributed by atoms with Gasteiger partial charge in [0.15, 0.2) is 0 Å². The third-order valence-electron chi connectivity index (χ3n) is 5.30. The van der Waals surface area contributed by atoms with Crippen LogP contribution < -0.4 is 0 Å². The Labute approximate surface area is 197 Å². The molecule has 35 heavy (non-hydrogen) atoms. The Morgan fingerprint density at radius 3 is 2.03 bits per heavy atom. The molecule has 2 saturated heterocycles. The Morgan fingerprint density at radius 2 is 1.60 bits per heavy atom. The summed E-state index contributed by atoms with van der Waals surface area (Å²) in [4.78, 5) is 31.0. The molecule has 2 fully saturated rings. The number of carboxylic acids is 2. The highest BCUT2D eigenvalue weighted by Gasteiger charge is 2.46. The van der Waals surface area contributed by atoms with Crippen LogP contribution >= 0.6 is 0 Å². The number of ether oxygens (including phenoxy) is 1. The van der Waals surface area contributed by atoms with Crippen LogP contribution in [0.1, 0.15) is 32.3 Å². The predicted octanol–water partition coefficient (Wildman–Crippen LogP) is 2.82. The van der Waals surface area contributed by atoms with Gasteiger partial charge in [-0.05, 0) is 33.7 Å². The van der Waals surface area contributed by atoms with Gasteiger partial charge in [-0.25, -0.2) is 19.6 Å². The number of halogens is 6. The van der Waals surface area contributed by atoms with Gasteiger partial charge >= 0.3 is 24.3 Å². The van der Waals surface area contributed by atoms with Crippen molar-refractivity contribution in [2.24, 2.45) is 0 Å². The maximum Gasteiger partial charge on any atom is 0.490 e. The van der Waals surface area contributed by atoms with Crippen LogP contribution in [0, 0.1) is 0 Å². The van der Waals surface area contributed by atoms with Crippen LogP contribution in [-0.2, 0) is 20.9 Å². The zero-order valence-corrected chi connectivity index (χ0v) is 19.3. The quantitative estimate of drug-likeness (QED) is 0.581. The average molecular weight is 518 g/mol. The Morgan fingerprint density at radius 1 is 1.11 bits per heavy atom. The standard InChI is InChI=1S/C16H26N4O.2C2HF3O2/c1-12(2)20-10-15(16-14(20)5-4-6-21-16)19(3)9-13-7-17-11-18-8-13;2*3-2(4,5)1(6)7/h7-8,11-12,14-16H,4-6,9-10H2,1-3H3;2*(H,6,7)/t14-,15+,16+;;/m0../s1. The topological polar surface area (TPSA) is 116 Å². The third kappa shape index (κ3) is 9.93. The van der Waals surface area contributed by atoms with Crippen molar-refractivity contribution in [3.05, 3.63) is 24.3 Å². The molecule has 2 N–H and O–H groups in total. The van der Waals surface area contributed by atoms with Crippen molar-refractivity contribution in [2.45, 2.75) is 69.8 Å². The predicted molar refractivity (Wildman–Crippen MR) is 109 cm³/mol. The van der Waals surface area contributed by atoms with Crippen LogP contribution in [0.5, 0.6) is 0 Å². The summed E-state index contributed by atoms with van der Waals surface area (Å²) in [5.41, 5.74) is 1.16. The number of nitrogens with zero attached hydrogens (tertiary/aromatic N) is 4. The molecule has 3 heterocycles. The summed E-state index contributed by atoms with van der Waals surface area (Å²) < 4.78 is 69.6. The number of aromatic nitrogens is 2. The summed E-state index contributed by atoms with van der Waals surface area (Å²) in [6.07, 6.45) is -1.99. The first-order chi connectivity index (χ1) is 16.1. The molecule has 0 aromatic carbocycles. The number of carbonyl (C=O) groups is 2. The lowest BCUT2D eigenvalue weighted by atomic mass is 9.99. The van der Waals surface area contributed by atoms with Gasteiger partial charge in [0.05, 0.1) is 12.1 Å². The van der Waals surface area contributed by atoms with Crippen molar-refractivity contribution in [1.82, 2.24) is 19.8 Å². The van der Waals surface area contributed by atoms with Crippen molar-refractivity contribution in [3.63, 3.8) is 0 Å². The lowest BCUT2D eigenvalue weighted by molar-refractivity contribution is -0.193. The summed E-state index contributed by atoms with van der Waals surface area (Å²) in [7, 11) is 2.19. The van der Waals surface area contributed by atoms with E-state index in [0.29, 0.717) is 24.2 Å². The minimum atomic E-state index is -5.08. The van der Waals surface area contributed by atoms with Gasteiger partial charge in [-0.3, -0.25) is 9.80 Å². The van der Waals surface area contributed by atoms with Gasteiger partial charge in [0.25, 0.3) is 0 Å². The molecule has 1 aromatic rings.